The van der Waals surface area contributed by atoms with Gasteiger partial charge in [0.1, 0.15) is 18.4 Å². The van der Waals surface area contributed by atoms with E-state index in [-0.39, 0.29) is 18.1 Å². The molecule has 2 heterocycles. The van der Waals surface area contributed by atoms with Crippen LogP contribution in [0.4, 0.5) is 0 Å². The SMILES string of the molecule is CCN(CC)C(=O)C1=C(C)N=c2s/c(=C/c3cc(OC)c(OCc4ccc(Cl)cc4Cl)cc3Br)c(=O)n2[C@@H]1c1ccccc1OC. The number of halogens is 3. The predicted molar refractivity (Wildman–Crippen MR) is 186 cm³/mol. The lowest BCUT2D eigenvalue weighted by Gasteiger charge is -2.29. The van der Waals surface area contributed by atoms with Crippen LogP contribution in [0.25, 0.3) is 6.08 Å². The molecule has 0 N–H and O–H groups in total. The number of amides is 1. The van der Waals surface area contributed by atoms with Crippen LogP contribution in [0, 0.1) is 0 Å². The molecule has 4 aromatic rings. The van der Waals surface area contributed by atoms with Gasteiger partial charge in [-0.1, -0.05) is 74.7 Å². The first-order valence-corrected chi connectivity index (χ1v) is 16.9. The molecule has 0 fully saturated rings. The number of nitrogens with zero attached hydrogens (tertiary/aromatic N) is 3. The summed E-state index contributed by atoms with van der Waals surface area (Å²) in [5, 5.41) is 1.04. The van der Waals surface area contributed by atoms with Gasteiger partial charge in [-0.25, -0.2) is 4.99 Å². The van der Waals surface area contributed by atoms with Crippen molar-refractivity contribution in [2.24, 2.45) is 4.99 Å². The fraction of sp³-hybridized carbons (Fsp3) is 0.265. The molecule has 12 heteroatoms. The fourth-order valence-corrected chi connectivity index (χ4v) is 7.27. The summed E-state index contributed by atoms with van der Waals surface area (Å²) >= 11 is 17.2. The molecule has 1 aromatic heterocycles. The van der Waals surface area contributed by atoms with Crippen LogP contribution >= 0.6 is 50.5 Å². The van der Waals surface area contributed by atoms with Gasteiger partial charge >= 0.3 is 0 Å². The summed E-state index contributed by atoms with van der Waals surface area (Å²) in [6, 6.07) is 15.5. The van der Waals surface area contributed by atoms with E-state index in [4.69, 9.17) is 42.4 Å². The smallest absolute Gasteiger partial charge is 0.271 e. The molecule has 1 aliphatic rings. The van der Waals surface area contributed by atoms with Crippen molar-refractivity contribution >= 4 is 62.5 Å². The van der Waals surface area contributed by atoms with Gasteiger partial charge in [0.2, 0.25) is 0 Å². The topological polar surface area (TPSA) is 82.4 Å². The average Bonchev–Trinajstić information content (AvgIpc) is 3.35. The Hall–Kier alpha value is -3.57. The minimum Gasteiger partial charge on any atom is -0.496 e. The van der Waals surface area contributed by atoms with Crippen LogP contribution in [-0.4, -0.2) is 42.7 Å². The number of benzene rings is 3. The first kappa shape index (κ1) is 33.8. The standard InChI is InChI=1S/C34H32BrCl2N3O5S/c1-6-39(7-2)33(42)30-19(3)38-34-40(31(30)23-10-8-9-11-26(23)43-4)32(41)29(46-34)15-21-14-27(44-5)28(17-24(21)35)45-18-20-12-13-22(36)16-25(20)37/h8-17,31H,6-7,18H2,1-5H3/b29-15+/t31-/m1/s1. The van der Waals surface area contributed by atoms with Gasteiger partial charge in [-0.15, -0.1) is 0 Å². The zero-order chi connectivity index (χ0) is 33.1. The first-order chi connectivity index (χ1) is 22.1. The highest BCUT2D eigenvalue weighted by Gasteiger charge is 2.35. The van der Waals surface area contributed by atoms with E-state index in [9.17, 15) is 9.59 Å². The van der Waals surface area contributed by atoms with Gasteiger partial charge in [-0.2, -0.15) is 0 Å². The van der Waals surface area contributed by atoms with Gasteiger partial charge in [0.15, 0.2) is 16.3 Å². The Kier molecular flexibility index (Phi) is 10.6. The number of carbonyl (C=O) groups excluding carboxylic acids is 1. The quantitative estimate of drug-likeness (QED) is 0.179. The largest absolute Gasteiger partial charge is 0.496 e. The Labute approximate surface area is 289 Å². The molecule has 0 saturated carbocycles. The molecule has 0 unspecified atom stereocenters. The second kappa shape index (κ2) is 14.5. The highest BCUT2D eigenvalue weighted by molar-refractivity contribution is 9.10. The molecule has 1 atom stereocenters. The van der Waals surface area contributed by atoms with E-state index in [1.54, 1.807) is 60.1 Å². The number of aromatic nitrogens is 1. The van der Waals surface area contributed by atoms with Gasteiger partial charge in [0.05, 0.1) is 30.0 Å². The summed E-state index contributed by atoms with van der Waals surface area (Å²) < 4.78 is 20.1. The molecule has 3 aromatic carbocycles. The summed E-state index contributed by atoms with van der Waals surface area (Å²) in [5.41, 5.74) is 2.90. The number of para-hydroxylation sites is 1. The van der Waals surface area contributed by atoms with Gasteiger partial charge in [0, 0.05) is 38.7 Å². The summed E-state index contributed by atoms with van der Waals surface area (Å²) in [4.78, 5) is 35.1. The number of carbonyl (C=O) groups is 1. The number of likely N-dealkylation sites (N-methyl/N-ethyl adjacent to an activating group) is 1. The van der Waals surface area contributed by atoms with E-state index >= 15 is 0 Å². The minimum absolute atomic E-state index is 0.167. The second-order valence-corrected chi connectivity index (χ2v) is 13.1. The lowest BCUT2D eigenvalue weighted by atomic mass is 9.94. The summed E-state index contributed by atoms with van der Waals surface area (Å²) in [6.45, 7) is 6.93. The van der Waals surface area contributed by atoms with Crippen molar-refractivity contribution in [3.05, 3.63) is 117 Å². The number of hydrogen-bond donors (Lipinski definition) is 0. The van der Waals surface area contributed by atoms with Crippen LogP contribution in [0.2, 0.25) is 10.0 Å². The van der Waals surface area contributed by atoms with Crippen LogP contribution in [0.3, 0.4) is 0 Å². The molecule has 0 bridgehead atoms. The molecular weight excluding hydrogens is 713 g/mol. The zero-order valence-corrected chi connectivity index (χ0v) is 29.8. The van der Waals surface area contributed by atoms with Crippen molar-refractivity contribution in [1.82, 2.24) is 9.47 Å². The minimum atomic E-state index is -0.726. The van der Waals surface area contributed by atoms with Crippen molar-refractivity contribution in [2.45, 2.75) is 33.4 Å². The zero-order valence-electron chi connectivity index (χ0n) is 25.9. The van der Waals surface area contributed by atoms with E-state index in [1.807, 2.05) is 45.0 Å². The van der Waals surface area contributed by atoms with Gasteiger partial charge in [-0.3, -0.25) is 14.2 Å². The Morgan fingerprint density at radius 2 is 1.76 bits per heavy atom. The monoisotopic (exact) mass is 743 g/mol. The van der Waals surface area contributed by atoms with Crippen molar-refractivity contribution in [1.29, 1.82) is 0 Å². The van der Waals surface area contributed by atoms with Crippen molar-refractivity contribution in [3.8, 4) is 17.2 Å². The summed E-state index contributed by atoms with van der Waals surface area (Å²) in [7, 11) is 3.13. The molecule has 240 valence electrons. The van der Waals surface area contributed by atoms with Gasteiger partial charge in [-0.05, 0) is 62.7 Å². The maximum absolute atomic E-state index is 14.2. The number of fused-ring (bicyclic) bond motifs is 1. The molecule has 46 heavy (non-hydrogen) atoms. The molecule has 8 nitrogen and oxygen atoms in total. The molecular formula is C34H32BrCl2N3O5S. The lowest BCUT2D eigenvalue weighted by molar-refractivity contribution is -0.127. The van der Waals surface area contributed by atoms with E-state index in [2.05, 4.69) is 15.9 Å². The maximum atomic E-state index is 14.2. The average molecular weight is 746 g/mol. The number of ether oxygens (including phenoxy) is 3. The van der Waals surface area contributed by atoms with Gasteiger partial charge in [0.25, 0.3) is 11.5 Å². The Bertz CT molecular complexity index is 2020. The maximum Gasteiger partial charge on any atom is 0.271 e. The molecule has 0 aliphatic carbocycles. The third-order valence-corrected chi connectivity index (χ3v) is 9.96. The number of thiazole rings is 1. The van der Waals surface area contributed by atoms with Crippen LogP contribution in [-0.2, 0) is 11.4 Å². The highest BCUT2D eigenvalue weighted by atomic mass is 79.9. The van der Waals surface area contributed by atoms with Crippen LogP contribution in [0.15, 0.2) is 80.1 Å². The second-order valence-electron chi connectivity index (χ2n) is 10.4. The number of hydrogen-bond acceptors (Lipinski definition) is 7. The van der Waals surface area contributed by atoms with E-state index in [0.717, 1.165) is 5.56 Å². The molecule has 0 saturated heterocycles. The number of rotatable bonds is 10. The van der Waals surface area contributed by atoms with E-state index in [1.165, 1.54) is 11.3 Å². The summed E-state index contributed by atoms with van der Waals surface area (Å²) in [5.74, 6) is 1.37. The normalized spacial score (nSPS) is 14.5. The fourth-order valence-electron chi connectivity index (χ4n) is 5.33. The third kappa shape index (κ3) is 6.62. The predicted octanol–water partition coefficient (Wildman–Crippen LogP) is 6.77. The van der Waals surface area contributed by atoms with E-state index < -0.39 is 6.04 Å². The highest BCUT2D eigenvalue weighted by Crippen LogP contribution is 2.37. The first-order valence-electron chi connectivity index (χ1n) is 14.5. The lowest BCUT2D eigenvalue weighted by Crippen LogP contribution is -2.43. The summed E-state index contributed by atoms with van der Waals surface area (Å²) in [6.07, 6.45) is 1.78. The van der Waals surface area contributed by atoms with E-state index in [0.29, 0.717) is 76.6 Å². The van der Waals surface area contributed by atoms with Crippen molar-refractivity contribution in [2.75, 3.05) is 27.3 Å². The van der Waals surface area contributed by atoms with Crippen LogP contribution < -0.4 is 29.1 Å². The molecule has 5 rings (SSSR count). The van der Waals surface area contributed by atoms with Crippen LogP contribution in [0.5, 0.6) is 17.2 Å². The Morgan fingerprint density at radius 3 is 2.43 bits per heavy atom. The Morgan fingerprint density at radius 1 is 1.04 bits per heavy atom. The molecule has 0 spiro atoms. The third-order valence-electron chi connectivity index (χ3n) is 7.70. The molecule has 1 aliphatic heterocycles. The van der Waals surface area contributed by atoms with Crippen molar-refractivity contribution in [3.63, 3.8) is 0 Å². The van der Waals surface area contributed by atoms with Gasteiger partial charge < -0.3 is 19.1 Å². The molecule has 1 amide bonds. The Balaban J connectivity index is 1.61. The number of methoxy groups -OCH3 is 2. The number of allylic oxidation sites excluding steroid dienone is 1. The van der Waals surface area contributed by atoms with Crippen molar-refractivity contribution < 1.29 is 19.0 Å². The van der Waals surface area contributed by atoms with Crippen LogP contribution in [0.1, 0.15) is 43.5 Å². The molecule has 0 radical (unpaired) electrons.